The van der Waals surface area contributed by atoms with Gasteiger partial charge in [0.2, 0.25) is 0 Å². The Bertz CT molecular complexity index is 1020. The van der Waals surface area contributed by atoms with Crippen molar-refractivity contribution in [1.82, 2.24) is 4.90 Å². The molecule has 5 heteroatoms. The molecule has 1 unspecified atom stereocenters. The molecule has 1 aliphatic rings. The summed E-state index contributed by atoms with van der Waals surface area (Å²) in [6.45, 7) is 8.46. The lowest BCUT2D eigenvalue weighted by molar-refractivity contribution is 0.0327. The monoisotopic (exact) mass is 393 g/mol. The average Bonchev–Trinajstić information content (AvgIpc) is 2.76. The second-order valence-corrected chi connectivity index (χ2v) is 7.58. The minimum atomic E-state index is -0.00276. The molecule has 2 aromatic carbocycles. The molecule has 0 bridgehead atoms. The Hall–Kier alpha value is -2.63. The summed E-state index contributed by atoms with van der Waals surface area (Å²) in [6, 6.07) is 15.2. The summed E-state index contributed by atoms with van der Waals surface area (Å²) in [5.41, 5.74) is 2.07. The fourth-order valence-electron chi connectivity index (χ4n) is 3.68. The molecule has 152 valence electrons. The molecule has 29 heavy (non-hydrogen) atoms. The van der Waals surface area contributed by atoms with Crippen LogP contribution in [-0.2, 0) is 4.74 Å². The van der Waals surface area contributed by atoms with Crippen LogP contribution in [0, 0.1) is 6.92 Å². The molecule has 0 amide bonds. The molecule has 0 saturated carbocycles. The van der Waals surface area contributed by atoms with Crippen LogP contribution in [0.4, 0.5) is 0 Å². The van der Waals surface area contributed by atoms with Gasteiger partial charge in [-0.05, 0) is 32.4 Å². The lowest BCUT2D eigenvalue weighted by atomic mass is 10.1. The zero-order valence-corrected chi connectivity index (χ0v) is 17.0. The number of morpholine rings is 1. The molecule has 3 aromatic rings. The van der Waals surface area contributed by atoms with Gasteiger partial charge >= 0.3 is 0 Å². The Balaban J connectivity index is 1.53. The van der Waals surface area contributed by atoms with Gasteiger partial charge in [-0.15, -0.1) is 0 Å². The van der Waals surface area contributed by atoms with E-state index in [2.05, 4.69) is 11.8 Å². The van der Waals surface area contributed by atoms with Crippen molar-refractivity contribution in [2.45, 2.75) is 26.4 Å². The number of rotatable bonds is 6. The third-order valence-electron chi connectivity index (χ3n) is 5.42. The summed E-state index contributed by atoms with van der Waals surface area (Å²) in [5, 5.41) is 0.579. The van der Waals surface area contributed by atoms with Gasteiger partial charge in [0.05, 0.1) is 24.7 Å². The van der Waals surface area contributed by atoms with E-state index in [4.69, 9.17) is 13.9 Å². The molecule has 0 N–H and O–H groups in total. The van der Waals surface area contributed by atoms with Crippen LogP contribution < -0.4 is 10.2 Å². The van der Waals surface area contributed by atoms with E-state index in [1.165, 1.54) is 0 Å². The smallest absolute Gasteiger partial charge is 0.196 e. The molecular weight excluding hydrogens is 366 g/mol. The summed E-state index contributed by atoms with van der Waals surface area (Å²) in [6.07, 6.45) is 1.01. The van der Waals surface area contributed by atoms with Crippen molar-refractivity contribution in [3.63, 3.8) is 0 Å². The molecule has 1 aliphatic heterocycles. The first kappa shape index (κ1) is 19.7. The van der Waals surface area contributed by atoms with E-state index in [0.29, 0.717) is 22.3 Å². The molecule has 4 rings (SSSR count). The molecule has 5 nitrogen and oxygen atoms in total. The predicted molar refractivity (Wildman–Crippen MR) is 115 cm³/mol. The largest absolute Gasteiger partial charge is 0.491 e. The van der Waals surface area contributed by atoms with E-state index < -0.39 is 0 Å². The Kier molecular flexibility index (Phi) is 5.97. The fourth-order valence-corrected chi connectivity index (χ4v) is 3.68. The van der Waals surface area contributed by atoms with Crippen LogP contribution in [0.1, 0.15) is 18.9 Å². The Morgan fingerprint density at radius 3 is 2.62 bits per heavy atom. The van der Waals surface area contributed by atoms with Crippen LogP contribution in [-0.4, -0.2) is 43.9 Å². The van der Waals surface area contributed by atoms with Crippen LogP contribution in [0.2, 0.25) is 0 Å². The van der Waals surface area contributed by atoms with Crippen molar-refractivity contribution in [2.75, 3.05) is 32.8 Å². The zero-order chi connectivity index (χ0) is 20.2. The maximum atomic E-state index is 12.8. The highest BCUT2D eigenvalue weighted by Crippen LogP contribution is 2.28. The summed E-state index contributed by atoms with van der Waals surface area (Å²) in [5.74, 6) is 1.33. The van der Waals surface area contributed by atoms with Gasteiger partial charge in [-0.2, -0.15) is 0 Å². The molecule has 0 spiro atoms. The van der Waals surface area contributed by atoms with E-state index in [0.717, 1.165) is 50.6 Å². The number of ether oxygens (including phenoxy) is 2. The topological polar surface area (TPSA) is 51.9 Å². The first-order valence-electron chi connectivity index (χ1n) is 10.2. The third kappa shape index (κ3) is 4.52. The molecule has 0 radical (unpaired) electrons. The van der Waals surface area contributed by atoms with Crippen LogP contribution >= 0.6 is 0 Å². The van der Waals surface area contributed by atoms with E-state index in [1.807, 2.05) is 49.4 Å². The molecule has 1 aromatic heterocycles. The quantitative estimate of drug-likeness (QED) is 0.626. The van der Waals surface area contributed by atoms with Gasteiger partial charge in [0.25, 0.3) is 0 Å². The first-order chi connectivity index (χ1) is 14.1. The van der Waals surface area contributed by atoms with E-state index in [1.54, 1.807) is 6.07 Å². The lowest BCUT2D eigenvalue weighted by Crippen LogP contribution is -2.38. The van der Waals surface area contributed by atoms with Crippen molar-refractivity contribution in [2.24, 2.45) is 0 Å². The van der Waals surface area contributed by atoms with Gasteiger partial charge in [0.1, 0.15) is 17.1 Å². The summed E-state index contributed by atoms with van der Waals surface area (Å²) in [4.78, 5) is 15.2. The van der Waals surface area contributed by atoms with Gasteiger partial charge < -0.3 is 13.9 Å². The third-order valence-corrected chi connectivity index (χ3v) is 5.42. The van der Waals surface area contributed by atoms with Crippen LogP contribution in [0.5, 0.6) is 5.75 Å². The van der Waals surface area contributed by atoms with E-state index >= 15 is 0 Å². The Labute approximate surface area is 170 Å². The molecule has 1 atom stereocenters. The standard InChI is InChI=1S/C24H27NO4/c1-17(10-11-25-12-14-27-15-13-25)28-20-8-9-21-22(16-20)29-24(18(2)23(21)26)19-6-4-3-5-7-19/h3-9,16-17H,10-15H2,1-2H3. The highest BCUT2D eigenvalue weighted by molar-refractivity contribution is 5.81. The van der Waals surface area contributed by atoms with Crippen molar-refractivity contribution >= 4 is 11.0 Å². The Morgan fingerprint density at radius 2 is 1.86 bits per heavy atom. The minimum Gasteiger partial charge on any atom is -0.491 e. The average molecular weight is 393 g/mol. The maximum absolute atomic E-state index is 12.8. The first-order valence-corrected chi connectivity index (χ1v) is 10.2. The summed E-state index contributed by atoms with van der Waals surface area (Å²) >= 11 is 0. The van der Waals surface area contributed by atoms with Crippen LogP contribution in [0.15, 0.2) is 57.7 Å². The second-order valence-electron chi connectivity index (χ2n) is 7.58. The van der Waals surface area contributed by atoms with Crippen LogP contribution in [0.25, 0.3) is 22.3 Å². The second kappa shape index (κ2) is 8.80. The van der Waals surface area contributed by atoms with Gasteiger partial charge in [0, 0.05) is 36.8 Å². The van der Waals surface area contributed by atoms with Crippen molar-refractivity contribution < 1.29 is 13.9 Å². The number of benzene rings is 2. The van der Waals surface area contributed by atoms with Gasteiger partial charge in [0.15, 0.2) is 5.43 Å². The fraction of sp³-hybridized carbons (Fsp3) is 0.375. The van der Waals surface area contributed by atoms with Crippen LogP contribution in [0.3, 0.4) is 0 Å². The van der Waals surface area contributed by atoms with Crippen molar-refractivity contribution in [3.05, 3.63) is 64.3 Å². The molecule has 1 saturated heterocycles. The van der Waals surface area contributed by atoms with E-state index in [-0.39, 0.29) is 11.5 Å². The highest BCUT2D eigenvalue weighted by atomic mass is 16.5. The number of hydrogen-bond donors (Lipinski definition) is 0. The number of fused-ring (bicyclic) bond motifs is 1. The van der Waals surface area contributed by atoms with Crippen molar-refractivity contribution in [3.8, 4) is 17.1 Å². The molecular formula is C24H27NO4. The van der Waals surface area contributed by atoms with Gasteiger partial charge in [-0.25, -0.2) is 0 Å². The normalized spacial score (nSPS) is 16.1. The number of nitrogens with zero attached hydrogens (tertiary/aromatic N) is 1. The van der Waals surface area contributed by atoms with E-state index in [9.17, 15) is 4.79 Å². The highest BCUT2D eigenvalue weighted by Gasteiger charge is 2.15. The molecule has 2 heterocycles. The summed E-state index contributed by atoms with van der Waals surface area (Å²) < 4.78 is 17.6. The lowest BCUT2D eigenvalue weighted by Gasteiger charge is -2.27. The summed E-state index contributed by atoms with van der Waals surface area (Å²) in [7, 11) is 0. The molecule has 0 aliphatic carbocycles. The molecule has 1 fully saturated rings. The zero-order valence-electron chi connectivity index (χ0n) is 17.0. The maximum Gasteiger partial charge on any atom is 0.196 e. The SMILES string of the molecule is Cc1c(-c2ccccc2)oc2cc(OC(C)CCN3CCOCC3)ccc2c1=O. The minimum absolute atomic E-state index is 0.00276. The van der Waals surface area contributed by atoms with Crippen molar-refractivity contribution in [1.29, 1.82) is 0 Å². The number of hydrogen-bond acceptors (Lipinski definition) is 5. The Morgan fingerprint density at radius 1 is 1.10 bits per heavy atom. The van der Waals surface area contributed by atoms with Gasteiger partial charge in [-0.1, -0.05) is 30.3 Å². The van der Waals surface area contributed by atoms with Gasteiger partial charge in [-0.3, -0.25) is 9.69 Å². The predicted octanol–water partition coefficient (Wildman–Crippen LogP) is 4.26.